The van der Waals surface area contributed by atoms with Crippen molar-refractivity contribution in [2.24, 2.45) is 23.7 Å². The number of benzene rings is 2. The average molecular weight is 493 g/mol. The minimum Gasteiger partial charge on any atom is -0.426 e. The summed E-state index contributed by atoms with van der Waals surface area (Å²) in [4.78, 5) is 0. The third-order valence-electron chi connectivity index (χ3n) is 7.89. The maximum Gasteiger partial charge on any atom is 0.429 e. The number of halogens is 5. The Kier molecular flexibility index (Phi) is 7.87. The van der Waals surface area contributed by atoms with Gasteiger partial charge in [-0.1, -0.05) is 44.1 Å². The molecular formula is C29H33F5O. The maximum absolute atomic E-state index is 14.6. The molecule has 4 rings (SSSR count). The van der Waals surface area contributed by atoms with Gasteiger partial charge >= 0.3 is 6.11 Å². The Morgan fingerprint density at radius 2 is 1.46 bits per heavy atom. The lowest BCUT2D eigenvalue weighted by Crippen LogP contribution is -2.24. The second kappa shape index (κ2) is 10.7. The molecule has 0 amide bonds. The summed E-state index contributed by atoms with van der Waals surface area (Å²) in [5.74, 6) is -2.03. The molecule has 0 unspecified atom stereocenters. The molecule has 2 saturated carbocycles. The summed E-state index contributed by atoms with van der Waals surface area (Å²) in [6.07, 6.45) is 9.64. The van der Waals surface area contributed by atoms with Gasteiger partial charge in [-0.3, -0.25) is 0 Å². The van der Waals surface area contributed by atoms with Crippen molar-refractivity contribution in [2.75, 3.05) is 0 Å². The maximum atomic E-state index is 14.6. The fourth-order valence-corrected chi connectivity index (χ4v) is 5.58. The van der Waals surface area contributed by atoms with E-state index in [0.29, 0.717) is 11.5 Å². The van der Waals surface area contributed by atoms with Gasteiger partial charge in [0.25, 0.3) is 0 Å². The van der Waals surface area contributed by atoms with Crippen molar-refractivity contribution < 1.29 is 26.7 Å². The number of ether oxygens (including phenoxy) is 1. The molecule has 2 aromatic carbocycles. The van der Waals surface area contributed by atoms with Crippen molar-refractivity contribution in [1.29, 1.82) is 0 Å². The van der Waals surface area contributed by atoms with Gasteiger partial charge in [0.15, 0.2) is 11.6 Å². The summed E-state index contributed by atoms with van der Waals surface area (Å²) in [7, 11) is 0. The predicted molar refractivity (Wildman–Crippen MR) is 128 cm³/mol. The molecule has 0 saturated heterocycles. The molecule has 2 fully saturated rings. The topological polar surface area (TPSA) is 9.23 Å². The van der Waals surface area contributed by atoms with Gasteiger partial charge in [0.1, 0.15) is 5.82 Å². The molecule has 2 aliphatic carbocycles. The minimum absolute atomic E-state index is 0.0439. The highest BCUT2D eigenvalue weighted by atomic mass is 19.3. The molecule has 0 spiro atoms. The van der Waals surface area contributed by atoms with Crippen molar-refractivity contribution in [2.45, 2.75) is 71.3 Å². The Labute approximate surface area is 204 Å². The molecule has 0 heterocycles. The van der Waals surface area contributed by atoms with Gasteiger partial charge in [0.2, 0.25) is 5.82 Å². The number of hydrogen-bond acceptors (Lipinski definition) is 1. The third kappa shape index (κ3) is 6.07. The zero-order chi connectivity index (χ0) is 25.2. The predicted octanol–water partition coefficient (Wildman–Crippen LogP) is 9.19. The molecule has 0 radical (unpaired) electrons. The normalized spacial score (nSPS) is 25.7. The van der Waals surface area contributed by atoms with Crippen molar-refractivity contribution in [3.05, 3.63) is 70.5 Å². The van der Waals surface area contributed by atoms with E-state index in [1.54, 1.807) is 6.08 Å². The van der Waals surface area contributed by atoms with Crippen molar-refractivity contribution >= 4 is 6.08 Å². The van der Waals surface area contributed by atoms with Crippen LogP contribution in [0.25, 0.3) is 6.08 Å². The van der Waals surface area contributed by atoms with Gasteiger partial charge in [-0.05, 0) is 98.4 Å². The van der Waals surface area contributed by atoms with Crippen molar-refractivity contribution in [1.82, 2.24) is 0 Å². The third-order valence-corrected chi connectivity index (χ3v) is 7.89. The molecule has 6 heteroatoms. The van der Waals surface area contributed by atoms with E-state index in [1.165, 1.54) is 51.5 Å². The average Bonchev–Trinajstić information content (AvgIpc) is 2.84. The van der Waals surface area contributed by atoms with Gasteiger partial charge < -0.3 is 4.74 Å². The molecule has 0 N–H and O–H groups in total. The van der Waals surface area contributed by atoms with Gasteiger partial charge in [-0.15, -0.1) is 0 Å². The van der Waals surface area contributed by atoms with Crippen LogP contribution in [0.2, 0.25) is 0 Å². The molecule has 35 heavy (non-hydrogen) atoms. The summed E-state index contributed by atoms with van der Waals surface area (Å²) >= 11 is 0. The van der Waals surface area contributed by atoms with Crippen LogP contribution in [0, 0.1) is 48.0 Å². The van der Waals surface area contributed by atoms with Crippen LogP contribution >= 0.6 is 0 Å². The standard InChI is InChI=1S/C29H33F5O/c1-18-3-11-22(12-4-18)23-13-8-20(9-14-23)6-7-21-10-15-24(25(30)17-21)29(33,34)35-26-16-5-19(2)27(31)28(26)32/h5-7,10,15-18,20,22-23H,3-4,8-9,11-14H2,1-2H3/b7-6+. The Morgan fingerprint density at radius 1 is 0.829 bits per heavy atom. The van der Waals surface area contributed by atoms with E-state index in [4.69, 9.17) is 0 Å². The first-order valence-electron chi connectivity index (χ1n) is 12.6. The molecule has 0 aromatic heterocycles. The van der Waals surface area contributed by atoms with E-state index in [-0.39, 0.29) is 5.56 Å². The van der Waals surface area contributed by atoms with Crippen LogP contribution in [-0.2, 0) is 6.11 Å². The van der Waals surface area contributed by atoms with Crippen LogP contribution < -0.4 is 4.74 Å². The van der Waals surface area contributed by atoms with Crippen LogP contribution in [-0.4, -0.2) is 0 Å². The molecular weight excluding hydrogens is 459 g/mol. The molecule has 2 aliphatic rings. The van der Waals surface area contributed by atoms with E-state index in [1.807, 2.05) is 6.08 Å². The minimum atomic E-state index is -4.16. The highest BCUT2D eigenvalue weighted by Gasteiger charge is 2.39. The van der Waals surface area contributed by atoms with E-state index in [9.17, 15) is 22.0 Å². The first-order valence-corrected chi connectivity index (χ1v) is 12.6. The van der Waals surface area contributed by atoms with Gasteiger partial charge in [0.05, 0.1) is 5.56 Å². The van der Waals surface area contributed by atoms with E-state index < -0.39 is 34.9 Å². The summed E-state index contributed by atoms with van der Waals surface area (Å²) in [5.41, 5.74) is -0.604. The zero-order valence-electron chi connectivity index (χ0n) is 20.3. The SMILES string of the molecule is Cc1ccc(OC(F)(F)c2ccc(/C=C/C3CCC(C4CCC(C)CC4)CC3)cc2F)c(F)c1F. The van der Waals surface area contributed by atoms with Crippen molar-refractivity contribution in [3.63, 3.8) is 0 Å². The molecule has 0 atom stereocenters. The van der Waals surface area contributed by atoms with Crippen molar-refractivity contribution in [3.8, 4) is 5.75 Å². The van der Waals surface area contributed by atoms with Gasteiger partial charge in [-0.25, -0.2) is 8.78 Å². The number of alkyl halides is 2. The smallest absolute Gasteiger partial charge is 0.426 e. The first kappa shape index (κ1) is 25.7. The Bertz CT molecular complexity index is 1050. The largest absolute Gasteiger partial charge is 0.429 e. The van der Waals surface area contributed by atoms with E-state index >= 15 is 0 Å². The Balaban J connectivity index is 1.36. The lowest BCUT2D eigenvalue weighted by Gasteiger charge is -2.36. The summed E-state index contributed by atoms with van der Waals surface area (Å²) in [6.45, 7) is 3.64. The molecule has 0 aliphatic heterocycles. The van der Waals surface area contributed by atoms with Gasteiger partial charge in [-0.2, -0.15) is 13.2 Å². The summed E-state index contributed by atoms with van der Waals surface area (Å²) in [5, 5.41) is 0. The Hall–Kier alpha value is -2.37. The number of aryl methyl sites for hydroxylation is 1. The lowest BCUT2D eigenvalue weighted by atomic mass is 9.69. The lowest BCUT2D eigenvalue weighted by molar-refractivity contribution is -0.189. The molecule has 1 nitrogen and oxygen atoms in total. The zero-order valence-corrected chi connectivity index (χ0v) is 20.3. The van der Waals surface area contributed by atoms with Gasteiger partial charge in [0, 0.05) is 0 Å². The number of allylic oxidation sites excluding steroid dienone is 1. The van der Waals surface area contributed by atoms with E-state index in [2.05, 4.69) is 11.7 Å². The van der Waals surface area contributed by atoms with Crippen LogP contribution in [0.3, 0.4) is 0 Å². The number of hydrogen-bond donors (Lipinski definition) is 0. The highest BCUT2D eigenvalue weighted by molar-refractivity contribution is 5.50. The quantitative estimate of drug-likeness (QED) is 0.365. The summed E-state index contributed by atoms with van der Waals surface area (Å²) in [6, 6.07) is 5.35. The molecule has 0 bridgehead atoms. The van der Waals surface area contributed by atoms with Crippen LogP contribution in [0.1, 0.15) is 75.0 Å². The van der Waals surface area contributed by atoms with Crippen LogP contribution in [0.5, 0.6) is 5.75 Å². The second-order valence-corrected chi connectivity index (χ2v) is 10.4. The monoisotopic (exact) mass is 492 g/mol. The first-order chi connectivity index (χ1) is 16.6. The Morgan fingerprint density at radius 3 is 2.09 bits per heavy atom. The summed E-state index contributed by atoms with van der Waals surface area (Å²) < 4.78 is 75.7. The van der Waals surface area contributed by atoms with Crippen LogP contribution in [0.4, 0.5) is 22.0 Å². The van der Waals surface area contributed by atoms with Crippen LogP contribution in [0.15, 0.2) is 36.4 Å². The van der Waals surface area contributed by atoms with E-state index in [0.717, 1.165) is 54.9 Å². The fraction of sp³-hybridized carbons (Fsp3) is 0.517. The second-order valence-electron chi connectivity index (χ2n) is 10.4. The number of rotatable bonds is 6. The highest BCUT2D eigenvalue weighted by Crippen LogP contribution is 2.42. The molecule has 2 aromatic rings. The molecule has 190 valence electrons. The fourth-order valence-electron chi connectivity index (χ4n) is 5.58.